The van der Waals surface area contributed by atoms with Crippen LogP contribution in [0.3, 0.4) is 0 Å². The molecule has 2 atom stereocenters. The molecule has 4 nitrogen and oxygen atoms in total. The summed E-state index contributed by atoms with van der Waals surface area (Å²) in [7, 11) is 0. The molecule has 1 amide bonds. The number of rotatable bonds is 6. The Labute approximate surface area is 116 Å². The summed E-state index contributed by atoms with van der Waals surface area (Å²) in [6.45, 7) is 4.89. The molecule has 0 saturated heterocycles. The highest BCUT2D eigenvalue weighted by Crippen LogP contribution is 2.24. The molecule has 0 fully saturated rings. The highest BCUT2D eigenvalue weighted by Gasteiger charge is 2.23. The number of likely N-dealkylation sites (N-methyl/N-ethyl adjacent to an activating group) is 1. The maximum absolute atomic E-state index is 11.1. The van der Waals surface area contributed by atoms with E-state index in [0.29, 0.717) is 0 Å². The standard InChI is InChI=1S/C13H20BrN3O/c1-3-17(8-12(16)18)13(9(2)15)10-4-6-11(14)7-5-10/h4-7,9,13H,3,8,15H2,1-2H3,(H2,16,18). The van der Waals surface area contributed by atoms with Crippen LogP contribution < -0.4 is 11.5 Å². The second-order valence-corrected chi connectivity index (χ2v) is 5.30. The molecule has 0 heterocycles. The third-order valence-corrected chi connectivity index (χ3v) is 3.40. The molecule has 0 bridgehead atoms. The number of nitrogens with zero attached hydrogens (tertiary/aromatic N) is 1. The molecule has 0 aliphatic carbocycles. The molecular formula is C13H20BrN3O. The average molecular weight is 314 g/mol. The summed E-state index contributed by atoms with van der Waals surface area (Å²) >= 11 is 3.41. The number of hydrogen-bond acceptors (Lipinski definition) is 3. The van der Waals surface area contributed by atoms with E-state index >= 15 is 0 Å². The lowest BCUT2D eigenvalue weighted by Crippen LogP contribution is -2.43. The lowest BCUT2D eigenvalue weighted by Gasteiger charge is -2.33. The number of halogens is 1. The van der Waals surface area contributed by atoms with Crippen molar-refractivity contribution in [2.24, 2.45) is 11.5 Å². The fourth-order valence-electron chi connectivity index (χ4n) is 2.11. The Bertz CT molecular complexity index is 392. The normalized spacial score (nSPS) is 14.5. The molecule has 0 aliphatic heterocycles. The van der Waals surface area contributed by atoms with E-state index in [1.54, 1.807) is 0 Å². The second kappa shape index (κ2) is 6.87. The lowest BCUT2D eigenvalue weighted by molar-refractivity contribution is -0.119. The molecule has 100 valence electrons. The van der Waals surface area contributed by atoms with Crippen LogP contribution in [0, 0.1) is 0 Å². The van der Waals surface area contributed by atoms with Crippen LogP contribution in [0.5, 0.6) is 0 Å². The predicted molar refractivity (Wildman–Crippen MR) is 77.0 cm³/mol. The molecule has 0 spiro atoms. The van der Waals surface area contributed by atoms with Gasteiger partial charge >= 0.3 is 0 Å². The third-order valence-electron chi connectivity index (χ3n) is 2.87. The first-order chi connectivity index (χ1) is 8.45. The van der Waals surface area contributed by atoms with Gasteiger partial charge in [0.2, 0.25) is 5.91 Å². The van der Waals surface area contributed by atoms with Crippen molar-refractivity contribution in [3.63, 3.8) is 0 Å². The van der Waals surface area contributed by atoms with Gasteiger partial charge in [0, 0.05) is 10.5 Å². The van der Waals surface area contributed by atoms with Crippen molar-refractivity contribution in [2.75, 3.05) is 13.1 Å². The Morgan fingerprint density at radius 3 is 2.33 bits per heavy atom. The predicted octanol–water partition coefficient (Wildman–Crippen LogP) is 1.64. The molecule has 0 aliphatic rings. The van der Waals surface area contributed by atoms with Gasteiger partial charge in [-0.05, 0) is 31.2 Å². The highest BCUT2D eigenvalue weighted by atomic mass is 79.9. The molecule has 5 heteroatoms. The zero-order valence-electron chi connectivity index (χ0n) is 10.8. The Balaban J connectivity index is 3.00. The topological polar surface area (TPSA) is 72.3 Å². The van der Waals surface area contributed by atoms with E-state index in [9.17, 15) is 4.79 Å². The maximum Gasteiger partial charge on any atom is 0.231 e. The largest absolute Gasteiger partial charge is 0.369 e. The smallest absolute Gasteiger partial charge is 0.231 e. The van der Waals surface area contributed by atoms with Crippen molar-refractivity contribution in [1.82, 2.24) is 4.90 Å². The molecule has 18 heavy (non-hydrogen) atoms. The SMILES string of the molecule is CCN(CC(N)=O)C(c1ccc(Br)cc1)C(C)N. The zero-order valence-corrected chi connectivity index (χ0v) is 12.4. The lowest BCUT2D eigenvalue weighted by atomic mass is 9.99. The number of primary amides is 1. The van der Waals surface area contributed by atoms with Gasteiger partial charge in [0.1, 0.15) is 0 Å². The Hall–Kier alpha value is -0.910. The van der Waals surface area contributed by atoms with Crippen molar-refractivity contribution < 1.29 is 4.79 Å². The number of amides is 1. The Morgan fingerprint density at radius 2 is 1.94 bits per heavy atom. The van der Waals surface area contributed by atoms with E-state index in [0.717, 1.165) is 16.6 Å². The zero-order chi connectivity index (χ0) is 13.7. The fraction of sp³-hybridized carbons (Fsp3) is 0.462. The van der Waals surface area contributed by atoms with Crippen molar-refractivity contribution in [2.45, 2.75) is 25.9 Å². The van der Waals surface area contributed by atoms with Gasteiger partial charge in [-0.25, -0.2) is 0 Å². The minimum absolute atomic E-state index is 0.00407. The van der Waals surface area contributed by atoms with E-state index in [-0.39, 0.29) is 24.5 Å². The van der Waals surface area contributed by atoms with Gasteiger partial charge in [0.05, 0.1) is 12.6 Å². The van der Waals surface area contributed by atoms with Gasteiger partial charge in [-0.1, -0.05) is 35.0 Å². The monoisotopic (exact) mass is 313 g/mol. The van der Waals surface area contributed by atoms with Crippen LogP contribution in [0.15, 0.2) is 28.7 Å². The summed E-state index contributed by atoms with van der Waals surface area (Å²) in [6.07, 6.45) is 0. The molecule has 1 aromatic rings. The van der Waals surface area contributed by atoms with Crippen LogP contribution in [0.1, 0.15) is 25.5 Å². The van der Waals surface area contributed by atoms with Crippen molar-refractivity contribution in [3.05, 3.63) is 34.3 Å². The van der Waals surface area contributed by atoms with E-state index < -0.39 is 0 Å². The molecule has 0 radical (unpaired) electrons. The number of nitrogens with two attached hydrogens (primary N) is 2. The third kappa shape index (κ3) is 4.08. The molecular weight excluding hydrogens is 294 g/mol. The number of carbonyl (C=O) groups excluding carboxylic acids is 1. The van der Waals surface area contributed by atoms with Crippen LogP contribution in [0.4, 0.5) is 0 Å². The van der Waals surface area contributed by atoms with Gasteiger partial charge in [-0.3, -0.25) is 9.69 Å². The number of carbonyl (C=O) groups is 1. The first-order valence-corrected chi connectivity index (χ1v) is 6.78. The van der Waals surface area contributed by atoms with Gasteiger partial charge in [0.15, 0.2) is 0 Å². The van der Waals surface area contributed by atoms with Crippen molar-refractivity contribution in [1.29, 1.82) is 0 Å². The summed E-state index contributed by atoms with van der Waals surface area (Å²) in [5.41, 5.74) is 12.4. The van der Waals surface area contributed by atoms with E-state index in [1.165, 1.54) is 0 Å². The van der Waals surface area contributed by atoms with Crippen LogP contribution >= 0.6 is 15.9 Å². The summed E-state index contributed by atoms with van der Waals surface area (Å²) in [6, 6.07) is 7.90. The molecule has 2 unspecified atom stereocenters. The van der Waals surface area contributed by atoms with Crippen LogP contribution in [0.2, 0.25) is 0 Å². The maximum atomic E-state index is 11.1. The average Bonchev–Trinajstić information content (AvgIpc) is 2.29. The van der Waals surface area contributed by atoms with E-state index in [1.807, 2.05) is 43.0 Å². The molecule has 1 rings (SSSR count). The minimum Gasteiger partial charge on any atom is -0.369 e. The van der Waals surface area contributed by atoms with Gasteiger partial charge in [-0.2, -0.15) is 0 Å². The molecule has 0 aromatic heterocycles. The van der Waals surface area contributed by atoms with Crippen molar-refractivity contribution in [3.8, 4) is 0 Å². The Kier molecular flexibility index (Phi) is 5.78. The van der Waals surface area contributed by atoms with Crippen LogP contribution in [0.25, 0.3) is 0 Å². The molecule has 4 N–H and O–H groups in total. The molecule has 0 saturated carbocycles. The van der Waals surface area contributed by atoms with Gasteiger partial charge in [0.25, 0.3) is 0 Å². The summed E-state index contributed by atoms with van der Waals surface area (Å²) in [5, 5.41) is 0. The summed E-state index contributed by atoms with van der Waals surface area (Å²) in [4.78, 5) is 13.1. The van der Waals surface area contributed by atoms with Crippen molar-refractivity contribution >= 4 is 21.8 Å². The Morgan fingerprint density at radius 1 is 1.39 bits per heavy atom. The van der Waals surface area contributed by atoms with E-state index in [2.05, 4.69) is 15.9 Å². The van der Waals surface area contributed by atoms with Crippen LogP contribution in [-0.4, -0.2) is 29.9 Å². The second-order valence-electron chi connectivity index (χ2n) is 4.38. The minimum atomic E-state index is -0.334. The summed E-state index contributed by atoms with van der Waals surface area (Å²) in [5.74, 6) is -0.334. The first-order valence-electron chi connectivity index (χ1n) is 5.99. The van der Waals surface area contributed by atoms with Gasteiger partial charge in [-0.15, -0.1) is 0 Å². The first kappa shape index (κ1) is 15.1. The van der Waals surface area contributed by atoms with E-state index in [4.69, 9.17) is 11.5 Å². The fourth-order valence-corrected chi connectivity index (χ4v) is 2.38. The quantitative estimate of drug-likeness (QED) is 0.838. The number of hydrogen-bond donors (Lipinski definition) is 2. The summed E-state index contributed by atoms with van der Waals surface area (Å²) < 4.78 is 1.02. The van der Waals surface area contributed by atoms with Gasteiger partial charge < -0.3 is 11.5 Å². The number of benzene rings is 1. The highest BCUT2D eigenvalue weighted by molar-refractivity contribution is 9.10. The molecule has 1 aromatic carbocycles. The van der Waals surface area contributed by atoms with Crippen LogP contribution in [-0.2, 0) is 4.79 Å².